The van der Waals surface area contributed by atoms with Crippen molar-refractivity contribution in [2.45, 2.75) is 6.42 Å². The van der Waals surface area contributed by atoms with Crippen molar-refractivity contribution in [3.8, 4) is 0 Å². The fourth-order valence-corrected chi connectivity index (χ4v) is 1.50. The highest BCUT2D eigenvalue weighted by molar-refractivity contribution is 6.31. The SMILES string of the molecule is NCCCNC(=O)Nc1cc(Cl)cc(C(=O)O)c1. The number of hydrogen-bond donors (Lipinski definition) is 4. The zero-order valence-corrected chi connectivity index (χ0v) is 10.3. The van der Waals surface area contributed by atoms with Gasteiger partial charge in [-0.2, -0.15) is 0 Å². The summed E-state index contributed by atoms with van der Waals surface area (Å²) in [6.07, 6.45) is 0.670. The normalized spacial score (nSPS) is 9.89. The van der Waals surface area contributed by atoms with Crippen molar-refractivity contribution in [2.24, 2.45) is 5.73 Å². The third-order valence-corrected chi connectivity index (χ3v) is 2.29. The van der Waals surface area contributed by atoms with Gasteiger partial charge in [-0.1, -0.05) is 11.6 Å². The highest BCUT2D eigenvalue weighted by Crippen LogP contribution is 2.19. The van der Waals surface area contributed by atoms with Gasteiger partial charge in [0.2, 0.25) is 0 Å². The Bertz CT molecular complexity index is 451. The number of rotatable bonds is 5. The van der Waals surface area contributed by atoms with Crippen molar-refractivity contribution in [1.82, 2.24) is 5.32 Å². The Morgan fingerprint density at radius 1 is 1.33 bits per heavy atom. The van der Waals surface area contributed by atoms with Crippen LogP contribution in [0.15, 0.2) is 18.2 Å². The van der Waals surface area contributed by atoms with Gasteiger partial charge in [0.15, 0.2) is 0 Å². The number of carbonyl (C=O) groups excluding carboxylic acids is 1. The Kier molecular flexibility index (Phi) is 5.41. The van der Waals surface area contributed by atoms with E-state index in [1.165, 1.54) is 18.2 Å². The smallest absolute Gasteiger partial charge is 0.335 e. The molecule has 6 nitrogen and oxygen atoms in total. The molecular formula is C11H14ClN3O3. The van der Waals surface area contributed by atoms with Crippen molar-refractivity contribution in [3.63, 3.8) is 0 Å². The zero-order valence-electron chi connectivity index (χ0n) is 9.57. The van der Waals surface area contributed by atoms with E-state index in [0.29, 0.717) is 25.2 Å². The number of halogens is 1. The Balaban J connectivity index is 2.66. The van der Waals surface area contributed by atoms with Gasteiger partial charge in [0, 0.05) is 17.3 Å². The monoisotopic (exact) mass is 271 g/mol. The molecule has 0 unspecified atom stereocenters. The first kappa shape index (κ1) is 14.3. The van der Waals surface area contributed by atoms with E-state index in [-0.39, 0.29) is 10.6 Å². The summed E-state index contributed by atoms with van der Waals surface area (Å²) in [7, 11) is 0. The second-order valence-corrected chi connectivity index (χ2v) is 3.99. The maximum Gasteiger partial charge on any atom is 0.335 e. The second kappa shape index (κ2) is 6.83. The molecule has 0 spiro atoms. The number of amides is 2. The minimum atomic E-state index is -1.11. The highest BCUT2D eigenvalue weighted by Gasteiger charge is 2.08. The molecule has 0 saturated carbocycles. The van der Waals surface area contributed by atoms with Crippen LogP contribution in [-0.2, 0) is 0 Å². The van der Waals surface area contributed by atoms with Gasteiger partial charge < -0.3 is 21.5 Å². The minimum absolute atomic E-state index is 0.0137. The average molecular weight is 272 g/mol. The third-order valence-electron chi connectivity index (χ3n) is 2.07. The van der Waals surface area contributed by atoms with Gasteiger partial charge in [-0.05, 0) is 31.2 Å². The first-order chi connectivity index (χ1) is 8.52. The molecule has 0 aliphatic carbocycles. The molecule has 98 valence electrons. The van der Waals surface area contributed by atoms with Crippen LogP contribution in [0.25, 0.3) is 0 Å². The predicted molar refractivity (Wildman–Crippen MR) is 69.1 cm³/mol. The summed E-state index contributed by atoms with van der Waals surface area (Å²) in [4.78, 5) is 22.2. The molecule has 0 fully saturated rings. The number of carboxylic acid groups (broad SMARTS) is 1. The van der Waals surface area contributed by atoms with Gasteiger partial charge in [-0.15, -0.1) is 0 Å². The van der Waals surface area contributed by atoms with Crippen LogP contribution in [0.2, 0.25) is 5.02 Å². The van der Waals surface area contributed by atoms with E-state index >= 15 is 0 Å². The van der Waals surface area contributed by atoms with Crippen LogP contribution in [0.5, 0.6) is 0 Å². The molecule has 0 radical (unpaired) electrons. The molecular weight excluding hydrogens is 258 g/mol. The number of carbonyl (C=O) groups is 2. The molecule has 0 aromatic heterocycles. The maximum absolute atomic E-state index is 11.4. The zero-order chi connectivity index (χ0) is 13.5. The third kappa shape index (κ3) is 4.60. The van der Waals surface area contributed by atoms with E-state index in [4.69, 9.17) is 22.4 Å². The number of nitrogens with one attached hydrogen (secondary N) is 2. The lowest BCUT2D eigenvalue weighted by molar-refractivity contribution is 0.0697. The Labute approximate surface area is 109 Å². The van der Waals surface area contributed by atoms with Crippen molar-refractivity contribution >= 4 is 29.3 Å². The van der Waals surface area contributed by atoms with Crippen molar-refractivity contribution in [3.05, 3.63) is 28.8 Å². The van der Waals surface area contributed by atoms with Crippen LogP contribution in [0.4, 0.5) is 10.5 Å². The quantitative estimate of drug-likeness (QED) is 0.609. The fourth-order valence-electron chi connectivity index (χ4n) is 1.26. The number of benzene rings is 1. The van der Waals surface area contributed by atoms with Gasteiger partial charge in [0.25, 0.3) is 0 Å². The first-order valence-corrected chi connectivity index (χ1v) is 5.69. The van der Waals surface area contributed by atoms with Crippen molar-refractivity contribution in [1.29, 1.82) is 0 Å². The summed E-state index contributed by atoms with van der Waals surface area (Å²) in [6.45, 7) is 0.940. The second-order valence-electron chi connectivity index (χ2n) is 3.56. The van der Waals surface area contributed by atoms with E-state index < -0.39 is 12.0 Å². The lowest BCUT2D eigenvalue weighted by Gasteiger charge is -2.08. The molecule has 7 heteroatoms. The van der Waals surface area contributed by atoms with Gasteiger partial charge in [0.05, 0.1) is 5.56 Å². The number of anilines is 1. The van der Waals surface area contributed by atoms with E-state index in [1.807, 2.05) is 0 Å². The molecule has 0 atom stereocenters. The van der Waals surface area contributed by atoms with E-state index in [9.17, 15) is 9.59 Å². The lowest BCUT2D eigenvalue weighted by Crippen LogP contribution is -2.30. The average Bonchev–Trinajstić information content (AvgIpc) is 2.28. The number of aromatic carboxylic acids is 1. The summed E-state index contributed by atoms with van der Waals surface area (Å²) < 4.78 is 0. The molecule has 1 aromatic carbocycles. The first-order valence-electron chi connectivity index (χ1n) is 5.31. The topological polar surface area (TPSA) is 104 Å². The van der Waals surface area contributed by atoms with Gasteiger partial charge >= 0.3 is 12.0 Å². The molecule has 5 N–H and O–H groups in total. The Morgan fingerprint density at radius 3 is 2.67 bits per heavy atom. The van der Waals surface area contributed by atoms with Crippen LogP contribution in [0.1, 0.15) is 16.8 Å². The molecule has 1 rings (SSSR count). The van der Waals surface area contributed by atoms with Crippen LogP contribution >= 0.6 is 11.6 Å². The van der Waals surface area contributed by atoms with Gasteiger partial charge in [-0.25, -0.2) is 9.59 Å². The lowest BCUT2D eigenvalue weighted by atomic mass is 10.2. The standard InChI is InChI=1S/C11H14ClN3O3/c12-8-4-7(10(16)17)5-9(6-8)15-11(18)14-3-1-2-13/h4-6H,1-3,13H2,(H,16,17)(H2,14,15,18). The summed E-state index contributed by atoms with van der Waals surface area (Å²) in [6, 6.07) is 3.68. The summed E-state index contributed by atoms with van der Waals surface area (Å²) in [5.74, 6) is -1.11. The van der Waals surface area contributed by atoms with E-state index in [0.717, 1.165) is 0 Å². The Morgan fingerprint density at radius 2 is 2.06 bits per heavy atom. The molecule has 0 bridgehead atoms. The van der Waals surface area contributed by atoms with E-state index in [2.05, 4.69) is 10.6 Å². The van der Waals surface area contributed by atoms with E-state index in [1.54, 1.807) is 0 Å². The summed E-state index contributed by atoms with van der Waals surface area (Å²) >= 11 is 5.75. The minimum Gasteiger partial charge on any atom is -0.478 e. The molecule has 0 aliphatic rings. The number of nitrogens with two attached hydrogens (primary N) is 1. The maximum atomic E-state index is 11.4. The fraction of sp³-hybridized carbons (Fsp3) is 0.273. The molecule has 1 aromatic rings. The van der Waals surface area contributed by atoms with Crippen LogP contribution < -0.4 is 16.4 Å². The van der Waals surface area contributed by atoms with Crippen molar-refractivity contribution in [2.75, 3.05) is 18.4 Å². The number of hydrogen-bond acceptors (Lipinski definition) is 3. The molecule has 0 saturated heterocycles. The van der Waals surface area contributed by atoms with Gasteiger partial charge in [-0.3, -0.25) is 0 Å². The predicted octanol–water partition coefficient (Wildman–Crippen LogP) is 1.51. The van der Waals surface area contributed by atoms with Crippen LogP contribution in [-0.4, -0.2) is 30.2 Å². The summed E-state index contributed by atoms with van der Waals surface area (Å²) in [5.41, 5.74) is 5.62. The van der Waals surface area contributed by atoms with Crippen LogP contribution in [0.3, 0.4) is 0 Å². The Hall–Kier alpha value is -1.79. The highest BCUT2D eigenvalue weighted by atomic mass is 35.5. The van der Waals surface area contributed by atoms with Gasteiger partial charge in [0.1, 0.15) is 0 Å². The molecule has 18 heavy (non-hydrogen) atoms. The number of urea groups is 1. The molecule has 2 amide bonds. The largest absolute Gasteiger partial charge is 0.478 e. The molecule has 0 aliphatic heterocycles. The number of carboxylic acids is 1. The molecule has 0 heterocycles. The van der Waals surface area contributed by atoms with Crippen LogP contribution in [0, 0.1) is 0 Å². The van der Waals surface area contributed by atoms with Crippen molar-refractivity contribution < 1.29 is 14.7 Å². The summed E-state index contributed by atoms with van der Waals surface area (Å²) in [5, 5.41) is 14.2.